The third kappa shape index (κ3) is 5.82. The minimum absolute atomic E-state index is 0.000508. The Morgan fingerprint density at radius 1 is 0.588 bits per heavy atom. The largest absolute Gasteiger partial charge is 0.384 e. The Hall–Kier alpha value is -3.65. The number of hydrogen-bond acceptors (Lipinski definition) is 1. The van der Waals surface area contributed by atoms with E-state index < -0.39 is 0 Å². The van der Waals surface area contributed by atoms with Crippen LogP contribution in [0.25, 0.3) is 0 Å². The molecule has 34 heavy (non-hydrogen) atoms. The van der Waals surface area contributed by atoms with E-state index in [1.54, 1.807) is 0 Å². The standard InChI is InChI=1S/C32H34N2/c1-32(2,29-9-4-3-5-10-29)30-21-17-25(18-22-30)12-14-27-8-6-7-26(23-27)13-11-24-15-19-28(20-16-24)31(33)34/h3-10,15-23H,11-14H2,1-2H3,(H3,33,34). The molecule has 0 fully saturated rings. The first-order valence-corrected chi connectivity index (χ1v) is 12.1. The average Bonchev–Trinajstić information content (AvgIpc) is 2.87. The first kappa shape index (κ1) is 23.5. The second-order valence-corrected chi connectivity index (χ2v) is 9.62. The van der Waals surface area contributed by atoms with Gasteiger partial charge in [-0.05, 0) is 59.1 Å². The van der Waals surface area contributed by atoms with Gasteiger partial charge in [0.25, 0.3) is 0 Å². The smallest absolute Gasteiger partial charge is 0.122 e. The number of amidine groups is 1. The van der Waals surface area contributed by atoms with E-state index in [0.29, 0.717) is 0 Å². The summed E-state index contributed by atoms with van der Waals surface area (Å²) in [6.07, 6.45) is 4.08. The van der Waals surface area contributed by atoms with Crippen LogP contribution in [-0.4, -0.2) is 5.84 Å². The Morgan fingerprint density at radius 2 is 1.06 bits per heavy atom. The lowest BCUT2D eigenvalue weighted by Gasteiger charge is -2.26. The molecule has 3 N–H and O–H groups in total. The normalized spacial score (nSPS) is 11.4. The molecule has 4 rings (SSSR count). The van der Waals surface area contributed by atoms with Crippen LogP contribution in [0.1, 0.15) is 52.8 Å². The maximum absolute atomic E-state index is 7.52. The molecule has 0 aliphatic rings. The summed E-state index contributed by atoms with van der Waals surface area (Å²) in [4.78, 5) is 0. The van der Waals surface area contributed by atoms with Crippen molar-refractivity contribution in [3.05, 3.63) is 142 Å². The van der Waals surface area contributed by atoms with E-state index in [1.807, 2.05) is 12.1 Å². The fraction of sp³-hybridized carbons (Fsp3) is 0.219. The SMILES string of the molecule is CC(C)(c1ccccc1)c1ccc(CCc2cccc(CCc3ccc(C(=N)N)cc3)c2)cc1. The monoisotopic (exact) mass is 446 g/mol. The van der Waals surface area contributed by atoms with Gasteiger partial charge in [-0.2, -0.15) is 0 Å². The minimum Gasteiger partial charge on any atom is -0.384 e. The number of nitrogen functional groups attached to an aromatic ring is 1. The van der Waals surface area contributed by atoms with Gasteiger partial charge in [-0.25, -0.2) is 0 Å². The van der Waals surface area contributed by atoms with E-state index in [2.05, 4.69) is 105 Å². The molecule has 2 heteroatoms. The Morgan fingerprint density at radius 3 is 1.59 bits per heavy atom. The van der Waals surface area contributed by atoms with E-state index in [0.717, 1.165) is 31.2 Å². The van der Waals surface area contributed by atoms with Crippen molar-refractivity contribution in [3.63, 3.8) is 0 Å². The van der Waals surface area contributed by atoms with Crippen LogP contribution < -0.4 is 5.73 Å². The van der Waals surface area contributed by atoms with Gasteiger partial charge in [-0.15, -0.1) is 0 Å². The van der Waals surface area contributed by atoms with Crippen LogP contribution in [0, 0.1) is 5.41 Å². The Kier molecular flexibility index (Phi) is 7.27. The Bertz CT molecular complexity index is 1220. The third-order valence-electron chi connectivity index (χ3n) is 6.83. The van der Waals surface area contributed by atoms with Gasteiger partial charge in [0.1, 0.15) is 5.84 Å². The van der Waals surface area contributed by atoms with E-state index in [4.69, 9.17) is 11.1 Å². The molecule has 0 aliphatic heterocycles. The molecule has 0 saturated heterocycles. The van der Waals surface area contributed by atoms with Gasteiger partial charge in [0, 0.05) is 11.0 Å². The summed E-state index contributed by atoms with van der Waals surface area (Å²) in [5.74, 6) is 0.119. The average molecular weight is 447 g/mol. The number of aryl methyl sites for hydroxylation is 4. The van der Waals surface area contributed by atoms with Crippen LogP contribution in [-0.2, 0) is 31.1 Å². The summed E-state index contributed by atoms with van der Waals surface area (Å²) >= 11 is 0. The molecule has 0 saturated carbocycles. The van der Waals surface area contributed by atoms with E-state index in [9.17, 15) is 0 Å². The Balaban J connectivity index is 1.34. The fourth-order valence-electron chi connectivity index (χ4n) is 4.48. The fourth-order valence-corrected chi connectivity index (χ4v) is 4.48. The molecule has 0 spiro atoms. The van der Waals surface area contributed by atoms with Gasteiger partial charge < -0.3 is 5.73 Å². The van der Waals surface area contributed by atoms with Crippen molar-refractivity contribution < 1.29 is 0 Å². The minimum atomic E-state index is 0.000508. The molecule has 0 aliphatic carbocycles. The van der Waals surface area contributed by atoms with Crippen molar-refractivity contribution in [3.8, 4) is 0 Å². The van der Waals surface area contributed by atoms with Crippen molar-refractivity contribution in [2.75, 3.05) is 0 Å². The van der Waals surface area contributed by atoms with Crippen molar-refractivity contribution in [2.24, 2.45) is 5.73 Å². The number of rotatable bonds is 9. The maximum atomic E-state index is 7.52. The lowest BCUT2D eigenvalue weighted by Crippen LogP contribution is -2.18. The van der Waals surface area contributed by atoms with Gasteiger partial charge in [-0.3, -0.25) is 5.41 Å². The summed E-state index contributed by atoms with van der Waals surface area (Å²) in [6.45, 7) is 4.58. The van der Waals surface area contributed by atoms with Crippen molar-refractivity contribution in [2.45, 2.75) is 44.9 Å². The molecule has 172 valence electrons. The maximum Gasteiger partial charge on any atom is 0.122 e. The zero-order chi connectivity index (χ0) is 24.0. The summed E-state index contributed by atoms with van der Waals surface area (Å²) in [7, 11) is 0. The molecular formula is C32H34N2. The lowest BCUT2D eigenvalue weighted by molar-refractivity contribution is 0.640. The zero-order valence-electron chi connectivity index (χ0n) is 20.2. The van der Waals surface area contributed by atoms with Crippen LogP contribution in [0.2, 0.25) is 0 Å². The van der Waals surface area contributed by atoms with E-state index >= 15 is 0 Å². The highest BCUT2D eigenvalue weighted by Gasteiger charge is 2.22. The molecule has 0 radical (unpaired) electrons. The van der Waals surface area contributed by atoms with E-state index in [-0.39, 0.29) is 11.3 Å². The number of hydrogen-bond donors (Lipinski definition) is 2. The van der Waals surface area contributed by atoms with Crippen LogP contribution in [0.3, 0.4) is 0 Å². The summed E-state index contributed by atoms with van der Waals surface area (Å²) < 4.78 is 0. The van der Waals surface area contributed by atoms with Gasteiger partial charge in [-0.1, -0.05) is 117 Å². The molecule has 0 bridgehead atoms. The van der Waals surface area contributed by atoms with Gasteiger partial charge >= 0.3 is 0 Å². The third-order valence-corrected chi connectivity index (χ3v) is 6.83. The molecule has 0 aromatic heterocycles. The highest BCUT2D eigenvalue weighted by molar-refractivity contribution is 5.94. The van der Waals surface area contributed by atoms with E-state index in [1.165, 1.54) is 33.4 Å². The molecule has 0 unspecified atom stereocenters. The first-order valence-electron chi connectivity index (χ1n) is 12.1. The predicted molar refractivity (Wildman–Crippen MR) is 144 cm³/mol. The highest BCUT2D eigenvalue weighted by atomic mass is 14.7. The number of nitrogens with one attached hydrogen (secondary N) is 1. The molecule has 4 aromatic carbocycles. The molecule has 4 aromatic rings. The Labute approximate surface area is 204 Å². The summed E-state index contributed by atoms with van der Waals surface area (Å²) in [5.41, 5.74) is 14.4. The topological polar surface area (TPSA) is 49.9 Å². The number of benzene rings is 4. The molecule has 0 heterocycles. The van der Waals surface area contributed by atoms with Crippen LogP contribution >= 0.6 is 0 Å². The lowest BCUT2D eigenvalue weighted by atomic mass is 9.78. The second kappa shape index (κ2) is 10.5. The van der Waals surface area contributed by atoms with Crippen LogP contribution in [0.15, 0.2) is 103 Å². The van der Waals surface area contributed by atoms with Crippen molar-refractivity contribution >= 4 is 5.84 Å². The molecule has 0 atom stereocenters. The molecule has 2 nitrogen and oxygen atoms in total. The van der Waals surface area contributed by atoms with Crippen LogP contribution in [0.5, 0.6) is 0 Å². The van der Waals surface area contributed by atoms with Crippen molar-refractivity contribution in [1.82, 2.24) is 0 Å². The van der Waals surface area contributed by atoms with Gasteiger partial charge in [0.2, 0.25) is 0 Å². The van der Waals surface area contributed by atoms with Crippen molar-refractivity contribution in [1.29, 1.82) is 5.41 Å². The van der Waals surface area contributed by atoms with Gasteiger partial charge in [0.15, 0.2) is 0 Å². The highest BCUT2D eigenvalue weighted by Crippen LogP contribution is 2.31. The summed E-state index contributed by atoms with van der Waals surface area (Å²) in [5, 5.41) is 7.52. The van der Waals surface area contributed by atoms with Crippen LogP contribution in [0.4, 0.5) is 0 Å². The molecular weight excluding hydrogens is 412 g/mol. The molecule has 0 amide bonds. The first-order chi connectivity index (χ1) is 16.4. The van der Waals surface area contributed by atoms with Gasteiger partial charge in [0.05, 0.1) is 0 Å². The zero-order valence-corrected chi connectivity index (χ0v) is 20.2. The second-order valence-electron chi connectivity index (χ2n) is 9.62. The summed E-state index contributed by atoms with van der Waals surface area (Å²) in [6, 6.07) is 36.8. The number of nitrogens with two attached hydrogens (primary N) is 1. The quantitative estimate of drug-likeness (QED) is 0.214. The predicted octanol–water partition coefficient (Wildman–Crippen LogP) is 6.87.